The Morgan fingerprint density at radius 2 is 1.11 bits per heavy atom. The number of aliphatic hydroxyl groups is 2. The van der Waals surface area contributed by atoms with E-state index in [1.54, 1.807) is 13.8 Å². The summed E-state index contributed by atoms with van der Waals surface area (Å²) in [5, 5.41) is 54.1. The lowest BCUT2D eigenvalue weighted by Gasteiger charge is -2.28. The van der Waals surface area contributed by atoms with E-state index in [9.17, 15) is 68.4 Å². The molecule has 27 heteroatoms. The fourth-order valence-electron chi connectivity index (χ4n) is 5.59. The fraction of sp³-hybridized carbons (Fsp3) is 0.703. The monoisotopic (exact) mass is 917 g/mol. The van der Waals surface area contributed by atoms with Crippen molar-refractivity contribution in [1.29, 1.82) is 0 Å². The maximum Gasteiger partial charge on any atom is 0.328 e. The number of rotatable bonds is 33. The number of aliphatic hydroxyl groups excluding tert-OH is 2. The highest BCUT2D eigenvalue weighted by atomic mass is 16.4. The van der Waals surface area contributed by atoms with Crippen molar-refractivity contribution < 1.29 is 68.4 Å². The van der Waals surface area contributed by atoms with E-state index < -0.39 is 146 Å². The quantitative estimate of drug-likeness (QED) is 0.0165. The van der Waals surface area contributed by atoms with E-state index in [1.165, 1.54) is 6.92 Å². The summed E-state index contributed by atoms with van der Waals surface area (Å²) >= 11 is 0. The normalized spacial score (nSPS) is 15.1. The number of amides is 8. The van der Waals surface area contributed by atoms with E-state index in [2.05, 4.69) is 36.9 Å². The van der Waals surface area contributed by atoms with Crippen LogP contribution in [0, 0.1) is 5.92 Å². The lowest BCUT2D eigenvalue weighted by molar-refractivity contribution is -0.143. The summed E-state index contributed by atoms with van der Waals surface area (Å²) in [4.78, 5) is 131. The summed E-state index contributed by atoms with van der Waals surface area (Å²) in [6, 6.07) is -10.3. The number of hydrogen-bond acceptors (Lipinski definition) is 15. The summed E-state index contributed by atoms with van der Waals surface area (Å²) in [5.41, 5.74) is 27.2. The molecule has 0 spiro atoms. The van der Waals surface area contributed by atoms with Crippen molar-refractivity contribution in [2.24, 2.45) is 39.6 Å². The number of guanidine groups is 1. The number of nitrogens with one attached hydrogen (secondary N) is 7. The summed E-state index contributed by atoms with van der Waals surface area (Å²) in [6.07, 6.45) is -2.11. The van der Waals surface area contributed by atoms with Gasteiger partial charge in [0.1, 0.15) is 42.3 Å². The van der Waals surface area contributed by atoms with Gasteiger partial charge in [0.2, 0.25) is 47.3 Å². The number of hydrogen-bond donors (Lipinski definition) is 16. The van der Waals surface area contributed by atoms with Crippen molar-refractivity contribution >= 4 is 65.2 Å². The molecule has 0 unspecified atom stereocenters. The smallest absolute Gasteiger partial charge is 0.328 e. The van der Waals surface area contributed by atoms with Crippen LogP contribution in [0.2, 0.25) is 0 Å². The Balaban J connectivity index is 6.23. The van der Waals surface area contributed by atoms with Crippen LogP contribution in [0.4, 0.5) is 0 Å². The Labute approximate surface area is 369 Å². The number of carbonyl (C=O) groups is 10. The zero-order valence-corrected chi connectivity index (χ0v) is 36.3. The third kappa shape index (κ3) is 23.3. The minimum Gasteiger partial charge on any atom is -0.481 e. The molecule has 27 nitrogen and oxygen atoms in total. The van der Waals surface area contributed by atoms with Crippen LogP contribution in [0.3, 0.4) is 0 Å². The van der Waals surface area contributed by atoms with Crippen LogP contribution >= 0.6 is 0 Å². The van der Waals surface area contributed by atoms with Crippen LogP contribution in [0.5, 0.6) is 0 Å². The number of aliphatic carboxylic acids is 2. The first-order valence-electron chi connectivity index (χ1n) is 20.6. The Hall–Kier alpha value is -6.19. The maximum absolute atomic E-state index is 13.8. The number of primary amides is 1. The average molecular weight is 918 g/mol. The van der Waals surface area contributed by atoms with Gasteiger partial charge in [-0.25, -0.2) is 4.79 Å². The molecule has 0 aromatic rings. The van der Waals surface area contributed by atoms with E-state index in [1.807, 2.05) is 5.32 Å². The second kappa shape index (κ2) is 30.8. The molecule has 0 aliphatic carbocycles. The van der Waals surface area contributed by atoms with Crippen LogP contribution in [0.1, 0.15) is 85.0 Å². The van der Waals surface area contributed by atoms with Crippen molar-refractivity contribution in [2.45, 2.75) is 133 Å². The van der Waals surface area contributed by atoms with Crippen LogP contribution < -0.4 is 65.9 Å². The molecule has 0 bridgehead atoms. The lowest BCUT2D eigenvalue weighted by atomic mass is 9.97. The fourth-order valence-corrected chi connectivity index (χ4v) is 5.59. The van der Waals surface area contributed by atoms with E-state index in [0.717, 1.165) is 0 Å². The van der Waals surface area contributed by atoms with Gasteiger partial charge in [-0.3, -0.25) is 48.1 Å². The highest BCUT2D eigenvalue weighted by molar-refractivity contribution is 5.97. The molecule has 0 saturated carbocycles. The van der Waals surface area contributed by atoms with Crippen molar-refractivity contribution in [1.82, 2.24) is 37.2 Å². The van der Waals surface area contributed by atoms with Crippen molar-refractivity contribution in [3.05, 3.63) is 0 Å². The number of carbonyl (C=O) groups excluding carboxylic acids is 8. The molecule has 0 heterocycles. The SMILES string of the molecule is CC[C@H](C)[C@H](NC(=O)CNC(=O)[C@H](CCC(=O)O)NC(=O)[C@H](CCCN=C(N)N)NC(=O)[C@@H](N)[C@@H](C)O)C(=O)N[C@@H](CCCCN)C(=O)N[C@@H](CCC(N)=O)C(=O)N[C@@H](CO)C(=O)O. The topological polar surface area (TPSA) is 478 Å². The highest BCUT2D eigenvalue weighted by Gasteiger charge is 2.34. The van der Waals surface area contributed by atoms with E-state index in [-0.39, 0.29) is 44.7 Å². The van der Waals surface area contributed by atoms with Crippen LogP contribution in [-0.2, 0) is 47.9 Å². The molecule has 8 amide bonds. The first-order valence-corrected chi connectivity index (χ1v) is 20.6. The molecule has 0 aromatic carbocycles. The van der Waals surface area contributed by atoms with Crippen molar-refractivity contribution in [3.63, 3.8) is 0 Å². The number of unbranched alkanes of at least 4 members (excludes halogenated alkanes) is 1. The Bertz CT molecular complexity index is 1630. The van der Waals surface area contributed by atoms with Gasteiger partial charge in [0.15, 0.2) is 5.96 Å². The Morgan fingerprint density at radius 3 is 1.58 bits per heavy atom. The molecule has 0 fully saturated rings. The number of carboxylic acids is 2. The van der Waals surface area contributed by atoms with Crippen LogP contribution in [0.25, 0.3) is 0 Å². The number of aliphatic imine (C=N–C) groups is 1. The highest BCUT2D eigenvalue weighted by Crippen LogP contribution is 2.11. The van der Waals surface area contributed by atoms with Gasteiger partial charge >= 0.3 is 11.9 Å². The third-order valence-electron chi connectivity index (χ3n) is 9.61. The summed E-state index contributed by atoms with van der Waals surface area (Å²) in [6.45, 7) is 3.04. The molecule has 64 heavy (non-hydrogen) atoms. The van der Waals surface area contributed by atoms with Gasteiger partial charge in [0.25, 0.3) is 0 Å². The van der Waals surface area contributed by atoms with E-state index in [0.29, 0.717) is 19.3 Å². The Morgan fingerprint density at radius 1 is 0.625 bits per heavy atom. The lowest BCUT2D eigenvalue weighted by Crippen LogP contribution is -2.59. The van der Waals surface area contributed by atoms with Gasteiger partial charge in [-0.2, -0.15) is 0 Å². The molecular weight excluding hydrogens is 850 g/mol. The summed E-state index contributed by atoms with van der Waals surface area (Å²) < 4.78 is 0. The van der Waals surface area contributed by atoms with Gasteiger partial charge in [0.05, 0.1) is 19.3 Å². The van der Waals surface area contributed by atoms with Crippen molar-refractivity contribution in [3.8, 4) is 0 Å². The predicted octanol–water partition coefficient (Wildman–Crippen LogP) is -6.84. The predicted molar refractivity (Wildman–Crippen MR) is 227 cm³/mol. The molecule has 0 saturated heterocycles. The molecule has 0 aliphatic rings. The molecule has 0 aliphatic heterocycles. The third-order valence-corrected chi connectivity index (χ3v) is 9.61. The van der Waals surface area contributed by atoms with Gasteiger partial charge in [-0.15, -0.1) is 0 Å². The first-order chi connectivity index (χ1) is 30.0. The van der Waals surface area contributed by atoms with Crippen molar-refractivity contribution in [2.75, 3.05) is 26.2 Å². The molecule has 0 rings (SSSR count). The summed E-state index contributed by atoms with van der Waals surface area (Å²) in [5.74, 6) is -11.2. The second-order valence-corrected chi connectivity index (χ2v) is 14.9. The zero-order chi connectivity index (χ0) is 49.1. The minimum atomic E-state index is -1.74. The van der Waals surface area contributed by atoms with Gasteiger partial charge in [-0.05, 0) is 64.3 Å². The molecule has 9 atom stereocenters. The zero-order valence-electron chi connectivity index (χ0n) is 36.3. The molecule has 0 radical (unpaired) electrons. The largest absolute Gasteiger partial charge is 0.481 e. The van der Waals surface area contributed by atoms with E-state index >= 15 is 0 Å². The standard InChI is InChI=1S/C37H67N13O14/c1-4-18(2)29(35(62)48-20(8-5-6-14-38)31(58)46-23(10-12-25(39)53)33(60)49-24(17-51)36(63)64)50-26(54)16-44-30(57)22(11-13-27(55)56)45-32(59)21(9-7-15-43-37(41)42)47-34(61)28(40)19(3)52/h18-24,28-29,51-52H,4-17,38,40H2,1-3H3,(H2,39,53)(H,44,57)(H,45,59)(H,46,58)(H,47,61)(H,48,62)(H,49,60)(H,50,54)(H,55,56)(H,63,64)(H4,41,42,43)/t18-,19+,20-,21-,22-,23-,24-,28-,29-/m0/s1. The summed E-state index contributed by atoms with van der Waals surface area (Å²) in [7, 11) is 0. The number of carboxylic acid groups (broad SMARTS) is 2. The van der Waals surface area contributed by atoms with Crippen LogP contribution in [-0.4, -0.2) is 160 Å². The number of nitrogens with two attached hydrogens (primary N) is 5. The first kappa shape index (κ1) is 57.8. The molecular formula is C37H67N13O14. The molecule has 364 valence electrons. The van der Waals surface area contributed by atoms with Gasteiger partial charge < -0.3 is 86.3 Å². The number of nitrogens with zero attached hydrogens (tertiary/aromatic N) is 1. The maximum atomic E-state index is 13.8. The average Bonchev–Trinajstić information content (AvgIpc) is 3.23. The van der Waals surface area contributed by atoms with Gasteiger partial charge in [-0.1, -0.05) is 20.3 Å². The molecule has 21 N–H and O–H groups in total. The van der Waals surface area contributed by atoms with Gasteiger partial charge in [0, 0.05) is 19.4 Å². The van der Waals surface area contributed by atoms with Crippen LogP contribution in [0.15, 0.2) is 4.99 Å². The minimum absolute atomic E-state index is 0.0256. The van der Waals surface area contributed by atoms with E-state index in [4.69, 9.17) is 28.7 Å². The second-order valence-electron chi connectivity index (χ2n) is 14.9. The molecule has 0 aromatic heterocycles. The Kier molecular flexibility index (Phi) is 27.8.